The van der Waals surface area contributed by atoms with Crippen molar-refractivity contribution in [1.82, 2.24) is 4.90 Å². The molecule has 33 heavy (non-hydrogen) atoms. The Morgan fingerprint density at radius 3 is 2.39 bits per heavy atom. The fraction of sp³-hybridized carbons (Fsp3) is 0.517. The number of para-hydroxylation sites is 1. The number of hydrogen-bond acceptors (Lipinski definition) is 3. The smallest absolute Gasteiger partial charge is 0.238 e. The fourth-order valence-electron chi connectivity index (χ4n) is 6.66. The van der Waals surface area contributed by atoms with Crippen LogP contribution in [0.2, 0.25) is 0 Å². The highest BCUT2D eigenvalue weighted by molar-refractivity contribution is 6.10. The first-order chi connectivity index (χ1) is 15.9. The Balaban J connectivity index is 1.38. The number of piperidine rings is 1. The molecule has 1 saturated heterocycles. The first kappa shape index (κ1) is 22.3. The normalized spacial score (nSPS) is 28.0. The highest BCUT2D eigenvalue weighted by Gasteiger charge is 2.51. The number of rotatable bonds is 5. The summed E-state index contributed by atoms with van der Waals surface area (Å²) in [5.74, 6) is 0.263. The van der Waals surface area contributed by atoms with Gasteiger partial charge in [-0.2, -0.15) is 0 Å². The molecule has 0 aromatic heterocycles. The molecule has 0 bridgehead atoms. The van der Waals surface area contributed by atoms with E-state index in [9.17, 15) is 9.59 Å². The molecule has 0 N–H and O–H groups in total. The zero-order valence-electron chi connectivity index (χ0n) is 20.3. The molecule has 174 valence electrons. The van der Waals surface area contributed by atoms with Crippen molar-refractivity contribution < 1.29 is 9.59 Å². The monoisotopic (exact) mass is 444 g/mol. The number of nitrogens with zero attached hydrogens (tertiary/aromatic N) is 2. The number of carbonyl (C=O) groups excluding carboxylic acids is 2. The van der Waals surface area contributed by atoms with Crippen LogP contribution in [0.3, 0.4) is 0 Å². The minimum Gasteiger partial charge on any atom is -0.308 e. The first-order valence-corrected chi connectivity index (χ1v) is 12.7. The molecule has 2 heterocycles. The maximum atomic E-state index is 13.8. The summed E-state index contributed by atoms with van der Waals surface area (Å²) in [4.78, 5) is 30.9. The summed E-state index contributed by atoms with van der Waals surface area (Å²) < 4.78 is 0. The minimum absolute atomic E-state index is 0.0782. The van der Waals surface area contributed by atoms with Crippen molar-refractivity contribution in [2.75, 3.05) is 18.0 Å². The number of amides is 1. The number of anilines is 1. The van der Waals surface area contributed by atoms with Gasteiger partial charge in [0.2, 0.25) is 5.91 Å². The van der Waals surface area contributed by atoms with E-state index in [4.69, 9.17) is 0 Å². The van der Waals surface area contributed by atoms with Gasteiger partial charge in [0.15, 0.2) is 0 Å². The summed E-state index contributed by atoms with van der Waals surface area (Å²) in [6.45, 7) is 8.25. The van der Waals surface area contributed by atoms with Crippen LogP contribution in [0.5, 0.6) is 0 Å². The topological polar surface area (TPSA) is 40.6 Å². The Hall–Kier alpha value is -2.46. The van der Waals surface area contributed by atoms with Crippen molar-refractivity contribution in [3.05, 3.63) is 65.2 Å². The predicted molar refractivity (Wildman–Crippen MR) is 133 cm³/mol. The van der Waals surface area contributed by atoms with Crippen LogP contribution in [0.15, 0.2) is 48.5 Å². The number of Topliss-reactive ketones (excluding diaryl/α,β-unsaturated/α-hetero) is 1. The summed E-state index contributed by atoms with van der Waals surface area (Å²) in [6.07, 6.45) is 6.31. The molecule has 4 heteroatoms. The van der Waals surface area contributed by atoms with Gasteiger partial charge >= 0.3 is 0 Å². The molecule has 0 saturated carbocycles. The number of ketones is 1. The zero-order valence-corrected chi connectivity index (χ0v) is 20.3. The van der Waals surface area contributed by atoms with Gasteiger partial charge in [0.25, 0.3) is 0 Å². The van der Waals surface area contributed by atoms with Gasteiger partial charge in [-0.15, -0.1) is 0 Å². The Morgan fingerprint density at radius 1 is 1.00 bits per heavy atom. The molecular weight excluding hydrogens is 408 g/mol. The molecule has 0 unspecified atom stereocenters. The van der Waals surface area contributed by atoms with E-state index in [-0.39, 0.29) is 23.3 Å². The summed E-state index contributed by atoms with van der Waals surface area (Å²) >= 11 is 0. The van der Waals surface area contributed by atoms with E-state index in [0.717, 1.165) is 37.2 Å². The summed E-state index contributed by atoms with van der Waals surface area (Å²) in [5.41, 5.74) is 4.36. The zero-order chi connectivity index (χ0) is 23.2. The molecule has 1 aliphatic carbocycles. The van der Waals surface area contributed by atoms with E-state index in [0.29, 0.717) is 12.8 Å². The van der Waals surface area contributed by atoms with Crippen LogP contribution in [0, 0.1) is 0 Å². The third-order valence-corrected chi connectivity index (χ3v) is 8.63. The Labute approximate surface area is 198 Å². The summed E-state index contributed by atoms with van der Waals surface area (Å²) in [7, 11) is 0. The second kappa shape index (κ2) is 8.39. The standard InChI is InChI=1S/C29H36N2O2/c1-4-23(32)20-28(2)25-13-7-8-14-26(25)31(27(28)33)22-15-18-30(19-16-22)29(3)17-9-11-21-10-5-6-12-24(21)29/h5-8,10,12-14,22H,4,9,11,15-20H2,1-3H3/t28-,29-/m0/s1. The predicted octanol–water partition coefficient (Wildman–Crippen LogP) is 5.38. The molecule has 0 radical (unpaired) electrons. The van der Waals surface area contributed by atoms with Gasteiger partial charge in [-0.3, -0.25) is 14.5 Å². The van der Waals surface area contributed by atoms with Crippen LogP contribution in [0.25, 0.3) is 0 Å². The van der Waals surface area contributed by atoms with Crippen molar-refractivity contribution in [2.24, 2.45) is 0 Å². The van der Waals surface area contributed by atoms with Gasteiger partial charge in [-0.25, -0.2) is 0 Å². The minimum atomic E-state index is -0.741. The van der Waals surface area contributed by atoms with Gasteiger partial charge in [0.05, 0.1) is 5.41 Å². The summed E-state index contributed by atoms with van der Waals surface area (Å²) in [6, 6.07) is 17.3. The Morgan fingerprint density at radius 2 is 1.67 bits per heavy atom. The third-order valence-electron chi connectivity index (χ3n) is 8.63. The maximum Gasteiger partial charge on any atom is 0.238 e. The highest BCUT2D eigenvalue weighted by Crippen LogP contribution is 2.47. The maximum absolute atomic E-state index is 13.8. The number of aryl methyl sites for hydroxylation is 1. The fourth-order valence-corrected chi connectivity index (χ4v) is 6.66. The molecule has 1 amide bonds. The lowest BCUT2D eigenvalue weighted by Crippen LogP contribution is -2.54. The molecule has 2 atom stereocenters. The van der Waals surface area contributed by atoms with Crippen LogP contribution in [0.4, 0.5) is 5.69 Å². The van der Waals surface area contributed by atoms with E-state index in [1.54, 1.807) is 0 Å². The van der Waals surface area contributed by atoms with E-state index in [1.165, 1.54) is 30.4 Å². The molecule has 5 rings (SSSR count). The lowest BCUT2D eigenvalue weighted by molar-refractivity contribution is -0.128. The van der Waals surface area contributed by atoms with Crippen molar-refractivity contribution in [3.63, 3.8) is 0 Å². The third kappa shape index (κ3) is 3.54. The van der Waals surface area contributed by atoms with Crippen molar-refractivity contribution in [2.45, 2.75) is 82.7 Å². The number of carbonyl (C=O) groups is 2. The van der Waals surface area contributed by atoms with Gasteiger partial charge in [-0.05, 0) is 68.7 Å². The average Bonchev–Trinajstić information content (AvgIpc) is 3.06. The first-order valence-electron chi connectivity index (χ1n) is 12.7. The van der Waals surface area contributed by atoms with Crippen molar-refractivity contribution in [3.8, 4) is 0 Å². The largest absolute Gasteiger partial charge is 0.308 e. The van der Waals surface area contributed by atoms with Crippen LogP contribution in [-0.4, -0.2) is 35.7 Å². The number of fused-ring (bicyclic) bond motifs is 2. The van der Waals surface area contributed by atoms with Gasteiger partial charge < -0.3 is 4.90 Å². The highest BCUT2D eigenvalue weighted by atomic mass is 16.2. The van der Waals surface area contributed by atoms with Crippen LogP contribution < -0.4 is 4.90 Å². The molecular formula is C29H36N2O2. The van der Waals surface area contributed by atoms with Crippen LogP contribution in [-0.2, 0) is 27.0 Å². The SMILES string of the molecule is CCC(=O)C[C@]1(C)C(=O)N(C2CCN([C@@]3(C)CCCc4ccccc43)CC2)c2ccccc21. The summed E-state index contributed by atoms with van der Waals surface area (Å²) in [5, 5.41) is 0. The van der Waals surface area contributed by atoms with E-state index < -0.39 is 5.41 Å². The molecule has 3 aliphatic rings. The van der Waals surface area contributed by atoms with Gasteiger partial charge in [0.1, 0.15) is 5.78 Å². The number of hydrogen-bond donors (Lipinski definition) is 0. The molecule has 1 fully saturated rings. The second-order valence-corrected chi connectivity index (χ2v) is 10.6. The van der Waals surface area contributed by atoms with Crippen molar-refractivity contribution >= 4 is 17.4 Å². The second-order valence-electron chi connectivity index (χ2n) is 10.6. The van der Waals surface area contributed by atoms with Gasteiger partial charge in [-0.1, -0.05) is 49.4 Å². The van der Waals surface area contributed by atoms with Crippen molar-refractivity contribution in [1.29, 1.82) is 0 Å². The molecule has 0 spiro atoms. The van der Waals surface area contributed by atoms with Gasteiger partial charge in [0, 0.05) is 43.2 Å². The number of likely N-dealkylation sites (tertiary alicyclic amines) is 1. The quantitative estimate of drug-likeness (QED) is 0.622. The van der Waals surface area contributed by atoms with E-state index in [2.05, 4.69) is 42.2 Å². The molecule has 4 nitrogen and oxygen atoms in total. The Bertz CT molecular complexity index is 1070. The molecule has 2 aromatic rings. The lowest BCUT2D eigenvalue weighted by atomic mass is 9.75. The van der Waals surface area contributed by atoms with E-state index >= 15 is 0 Å². The van der Waals surface area contributed by atoms with Crippen LogP contribution >= 0.6 is 0 Å². The van der Waals surface area contributed by atoms with Crippen LogP contribution in [0.1, 0.15) is 76.0 Å². The molecule has 2 aromatic carbocycles. The average molecular weight is 445 g/mol. The molecule has 2 aliphatic heterocycles. The Kier molecular flexibility index (Phi) is 5.68. The van der Waals surface area contributed by atoms with E-state index in [1.807, 2.05) is 36.9 Å². The lowest BCUT2D eigenvalue weighted by Gasteiger charge is -2.49. The number of benzene rings is 2.